The van der Waals surface area contributed by atoms with Gasteiger partial charge >= 0.3 is 12.1 Å². The molecule has 10 heteroatoms. The number of ether oxygens (including phenoxy) is 1. The van der Waals surface area contributed by atoms with Gasteiger partial charge in [0.2, 0.25) is 0 Å². The minimum absolute atomic E-state index is 0.0128. The van der Waals surface area contributed by atoms with E-state index >= 15 is 0 Å². The molecule has 4 aliphatic rings. The van der Waals surface area contributed by atoms with Crippen molar-refractivity contribution >= 4 is 22.6 Å². The maximum absolute atomic E-state index is 13.9. The maximum atomic E-state index is 13.9. The fraction of sp³-hybridized carbons (Fsp3) is 0.472. The molecule has 3 saturated carbocycles. The van der Waals surface area contributed by atoms with Crippen molar-refractivity contribution in [3.63, 3.8) is 0 Å². The van der Waals surface area contributed by atoms with E-state index in [9.17, 15) is 23.1 Å². The molecule has 8 rings (SSSR count). The van der Waals surface area contributed by atoms with Gasteiger partial charge < -0.3 is 19.3 Å². The van der Waals surface area contributed by atoms with Crippen LogP contribution in [-0.2, 0) is 12.6 Å². The first-order valence-electron chi connectivity index (χ1n) is 16.4. The number of piperidine rings is 1. The van der Waals surface area contributed by atoms with Crippen LogP contribution in [0.25, 0.3) is 22.2 Å². The van der Waals surface area contributed by atoms with Crippen LogP contribution in [0.2, 0.25) is 0 Å². The number of hydrogen-bond acceptors (Lipinski definition) is 6. The van der Waals surface area contributed by atoms with Crippen LogP contribution >= 0.6 is 0 Å². The van der Waals surface area contributed by atoms with Gasteiger partial charge in [-0.1, -0.05) is 23.4 Å². The van der Waals surface area contributed by atoms with Gasteiger partial charge in [-0.3, -0.25) is 0 Å². The van der Waals surface area contributed by atoms with E-state index in [1.165, 1.54) is 12.1 Å². The number of rotatable bonds is 8. The van der Waals surface area contributed by atoms with Crippen molar-refractivity contribution in [1.29, 1.82) is 0 Å². The minimum Gasteiger partial charge on any atom is -0.490 e. The predicted octanol–water partition coefficient (Wildman–Crippen LogP) is 8.65. The number of aromatic carboxylic acids is 1. The molecular weight excluding hydrogens is 595 g/mol. The van der Waals surface area contributed by atoms with Gasteiger partial charge in [0.25, 0.3) is 0 Å². The molecule has 4 fully saturated rings. The van der Waals surface area contributed by atoms with Crippen molar-refractivity contribution in [3.8, 4) is 17.0 Å². The van der Waals surface area contributed by atoms with Gasteiger partial charge in [-0.15, -0.1) is 0 Å². The molecule has 0 bridgehead atoms. The Hall–Kier alpha value is -4.08. The van der Waals surface area contributed by atoms with Crippen molar-refractivity contribution in [2.75, 3.05) is 18.0 Å². The molecule has 240 valence electrons. The molecule has 4 aromatic rings. The topological polar surface area (TPSA) is 88.7 Å². The Labute approximate surface area is 264 Å². The van der Waals surface area contributed by atoms with Gasteiger partial charge in [0, 0.05) is 47.3 Å². The summed E-state index contributed by atoms with van der Waals surface area (Å²) < 4.78 is 53.6. The first kappa shape index (κ1) is 29.3. The lowest BCUT2D eigenvalue weighted by Gasteiger charge is -2.53. The van der Waals surface area contributed by atoms with E-state index in [-0.39, 0.29) is 28.7 Å². The Morgan fingerprint density at radius 2 is 1.80 bits per heavy atom. The molecule has 1 saturated heterocycles. The third kappa shape index (κ3) is 5.39. The third-order valence-corrected chi connectivity index (χ3v) is 10.7. The highest BCUT2D eigenvalue weighted by atomic mass is 19.4. The van der Waals surface area contributed by atoms with Gasteiger partial charge in [-0.2, -0.15) is 13.2 Å². The molecule has 2 aromatic carbocycles. The maximum Gasteiger partial charge on any atom is 0.417 e. The molecule has 0 amide bonds. The Morgan fingerprint density at radius 3 is 2.48 bits per heavy atom. The molecule has 0 atom stereocenters. The summed E-state index contributed by atoms with van der Waals surface area (Å²) in [7, 11) is 0. The van der Waals surface area contributed by atoms with E-state index < -0.39 is 17.7 Å². The normalized spacial score (nSPS) is 20.1. The lowest BCUT2D eigenvalue weighted by molar-refractivity contribution is -0.137. The number of aromatic nitrogens is 2. The number of benzene rings is 2. The number of nitrogens with zero attached hydrogens (tertiary/aromatic N) is 3. The summed E-state index contributed by atoms with van der Waals surface area (Å²) in [6, 6.07) is 13.2. The smallest absolute Gasteiger partial charge is 0.417 e. The van der Waals surface area contributed by atoms with Crippen molar-refractivity contribution in [1.82, 2.24) is 10.1 Å². The quantitative estimate of drug-likeness (QED) is 0.208. The summed E-state index contributed by atoms with van der Waals surface area (Å²) in [4.78, 5) is 18.4. The third-order valence-electron chi connectivity index (χ3n) is 10.7. The number of pyridine rings is 1. The number of fused-ring (bicyclic) bond motifs is 1. The number of alkyl halides is 3. The van der Waals surface area contributed by atoms with Crippen LogP contribution in [0, 0.1) is 11.3 Å². The lowest BCUT2D eigenvalue weighted by Crippen LogP contribution is -2.47. The molecule has 1 N–H and O–H groups in total. The number of carbonyl (C=O) groups is 1. The van der Waals surface area contributed by atoms with E-state index in [0.717, 1.165) is 99.3 Å². The molecular formula is C36H36F3N3O4. The largest absolute Gasteiger partial charge is 0.490 e. The van der Waals surface area contributed by atoms with E-state index in [2.05, 4.69) is 21.1 Å². The highest BCUT2D eigenvalue weighted by Crippen LogP contribution is 2.55. The Morgan fingerprint density at radius 1 is 1.04 bits per heavy atom. The van der Waals surface area contributed by atoms with E-state index in [1.807, 2.05) is 12.1 Å². The monoisotopic (exact) mass is 631 g/mol. The van der Waals surface area contributed by atoms with Crippen molar-refractivity contribution in [2.45, 2.75) is 82.4 Å². The molecule has 46 heavy (non-hydrogen) atoms. The summed E-state index contributed by atoms with van der Waals surface area (Å²) >= 11 is 0. The summed E-state index contributed by atoms with van der Waals surface area (Å²) in [6.07, 6.45) is 5.60. The fourth-order valence-corrected chi connectivity index (χ4v) is 7.83. The number of carboxylic acid groups (broad SMARTS) is 1. The van der Waals surface area contributed by atoms with Gasteiger partial charge in [0.1, 0.15) is 17.2 Å². The summed E-state index contributed by atoms with van der Waals surface area (Å²) in [5, 5.41) is 14.6. The van der Waals surface area contributed by atoms with E-state index in [1.54, 1.807) is 12.1 Å². The zero-order valence-corrected chi connectivity index (χ0v) is 25.5. The molecule has 2 aromatic heterocycles. The van der Waals surface area contributed by atoms with Crippen molar-refractivity contribution < 1.29 is 32.3 Å². The molecule has 0 unspecified atom stereocenters. The zero-order valence-electron chi connectivity index (χ0n) is 25.5. The van der Waals surface area contributed by atoms with E-state index in [0.29, 0.717) is 29.3 Å². The second-order valence-electron chi connectivity index (χ2n) is 13.8. The van der Waals surface area contributed by atoms with Gasteiger partial charge in [-0.05, 0) is 99.8 Å². The minimum atomic E-state index is -4.46. The number of carboxylic acids is 1. The van der Waals surface area contributed by atoms with Crippen LogP contribution < -0.4 is 9.64 Å². The zero-order chi connectivity index (χ0) is 31.6. The van der Waals surface area contributed by atoms with Gasteiger partial charge in [0.05, 0.1) is 17.2 Å². The summed E-state index contributed by atoms with van der Waals surface area (Å²) in [5.74, 6) is 0.950. The van der Waals surface area contributed by atoms with Crippen LogP contribution in [-0.4, -0.2) is 40.4 Å². The Bertz CT molecular complexity index is 1790. The molecule has 0 radical (unpaired) electrons. The predicted molar refractivity (Wildman–Crippen MR) is 166 cm³/mol. The SMILES string of the molecule is O=C(O)c1cc(OC2CCC2)c2cc(N3CCC4(CC3)CC(Cc3c(-c5ccccc5C(F)(F)F)noc3C3CC3)C4)ccc2n1. The van der Waals surface area contributed by atoms with Gasteiger partial charge in [0.15, 0.2) is 5.69 Å². The van der Waals surface area contributed by atoms with Gasteiger partial charge in [-0.25, -0.2) is 9.78 Å². The van der Waals surface area contributed by atoms with Crippen LogP contribution in [0.1, 0.15) is 91.1 Å². The average Bonchev–Trinajstić information content (AvgIpc) is 3.77. The molecule has 3 aliphatic carbocycles. The molecule has 1 aliphatic heterocycles. The standard InChI is InChI=1S/C36H36F3N3O4/c37-36(38,39)28-7-2-1-6-25(28)32-27(33(46-41-32)22-8-9-22)16-21-19-35(20-21)12-14-42(15-13-35)23-10-11-29-26(17-23)31(45-24-4-3-5-24)18-30(40-29)34(43)44/h1-2,6-7,10-11,17-18,21-22,24H,3-5,8-9,12-16,19-20H2,(H,43,44). The first-order chi connectivity index (χ1) is 22.2. The fourth-order valence-electron chi connectivity index (χ4n) is 7.83. The molecule has 1 spiro atoms. The summed E-state index contributed by atoms with van der Waals surface area (Å²) in [5.41, 5.74) is 2.58. The Kier molecular flexibility index (Phi) is 7.03. The van der Waals surface area contributed by atoms with Crippen LogP contribution in [0.5, 0.6) is 5.75 Å². The Balaban J connectivity index is 0.965. The number of hydrogen-bond donors (Lipinski definition) is 1. The average molecular weight is 632 g/mol. The molecule has 7 nitrogen and oxygen atoms in total. The second-order valence-corrected chi connectivity index (χ2v) is 13.8. The first-order valence-corrected chi connectivity index (χ1v) is 16.4. The highest BCUT2D eigenvalue weighted by molar-refractivity contribution is 5.94. The highest BCUT2D eigenvalue weighted by Gasteiger charge is 2.47. The number of anilines is 1. The number of halogens is 3. The van der Waals surface area contributed by atoms with E-state index in [4.69, 9.17) is 9.26 Å². The second kappa shape index (κ2) is 11.0. The van der Waals surface area contributed by atoms with Crippen LogP contribution in [0.4, 0.5) is 18.9 Å². The van der Waals surface area contributed by atoms with Crippen molar-refractivity contribution in [3.05, 3.63) is 71.1 Å². The molecule has 3 heterocycles. The van der Waals surface area contributed by atoms with Crippen molar-refractivity contribution in [2.24, 2.45) is 11.3 Å². The van der Waals surface area contributed by atoms with Crippen LogP contribution in [0.3, 0.4) is 0 Å². The van der Waals surface area contributed by atoms with Crippen LogP contribution in [0.15, 0.2) is 53.1 Å². The lowest BCUT2D eigenvalue weighted by atomic mass is 9.56. The summed E-state index contributed by atoms with van der Waals surface area (Å²) in [6.45, 7) is 1.81.